The molecular formula is C12H13F3N2. The minimum atomic E-state index is -4.50. The Hall–Kier alpha value is -1.70. The van der Waals surface area contributed by atoms with Crippen molar-refractivity contribution in [3.63, 3.8) is 0 Å². The van der Waals surface area contributed by atoms with Crippen LogP contribution in [-0.4, -0.2) is 6.54 Å². The maximum absolute atomic E-state index is 12.8. The van der Waals surface area contributed by atoms with E-state index in [9.17, 15) is 13.2 Å². The third-order valence-corrected chi connectivity index (χ3v) is 2.43. The molecule has 92 valence electrons. The van der Waals surface area contributed by atoms with Crippen molar-refractivity contribution in [1.82, 2.24) is 0 Å². The van der Waals surface area contributed by atoms with Gasteiger partial charge in [0.25, 0.3) is 0 Å². The predicted molar refractivity (Wildman–Crippen MR) is 59.7 cm³/mol. The molecule has 2 nitrogen and oxygen atoms in total. The Labute approximate surface area is 98.1 Å². The summed E-state index contributed by atoms with van der Waals surface area (Å²) >= 11 is 0. The Morgan fingerprint density at radius 3 is 2.47 bits per heavy atom. The van der Waals surface area contributed by atoms with Crippen LogP contribution >= 0.6 is 0 Å². The van der Waals surface area contributed by atoms with Gasteiger partial charge in [0.05, 0.1) is 17.2 Å². The Morgan fingerprint density at radius 1 is 1.35 bits per heavy atom. The first-order valence-corrected chi connectivity index (χ1v) is 5.26. The SMILES string of the molecule is CCCNc1ccc(C#N)c(C(F)(F)F)c1C. The van der Waals surface area contributed by atoms with Crippen LogP contribution in [0, 0.1) is 18.3 Å². The van der Waals surface area contributed by atoms with E-state index in [0.717, 1.165) is 6.42 Å². The fraction of sp³-hybridized carbons (Fsp3) is 0.417. The Morgan fingerprint density at radius 2 is 2.00 bits per heavy atom. The highest BCUT2D eigenvalue weighted by Gasteiger charge is 2.36. The van der Waals surface area contributed by atoms with E-state index in [0.29, 0.717) is 12.2 Å². The average molecular weight is 242 g/mol. The summed E-state index contributed by atoms with van der Waals surface area (Å²) in [6, 6.07) is 4.29. The van der Waals surface area contributed by atoms with Gasteiger partial charge in [-0.25, -0.2) is 0 Å². The summed E-state index contributed by atoms with van der Waals surface area (Å²) in [6.45, 7) is 3.91. The van der Waals surface area contributed by atoms with Crippen molar-refractivity contribution < 1.29 is 13.2 Å². The van der Waals surface area contributed by atoms with Crippen molar-refractivity contribution in [1.29, 1.82) is 5.26 Å². The number of nitrogens with zero attached hydrogens (tertiary/aromatic N) is 1. The summed E-state index contributed by atoms with van der Waals surface area (Å²) in [5.41, 5.74) is -0.679. The molecule has 0 saturated carbocycles. The molecule has 0 aliphatic heterocycles. The van der Waals surface area contributed by atoms with Crippen LogP contribution in [0.3, 0.4) is 0 Å². The van der Waals surface area contributed by atoms with Crippen molar-refractivity contribution in [2.75, 3.05) is 11.9 Å². The number of halogens is 3. The molecule has 0 amide bonds. The van der Waals surface area contributed by atoms with E-state index < -0.39 is 11.7 Å². The van der Waals surface area contributed by atoms with Gasteiger partial charge < -0.3 is 5.32 Å². The Balaban J connectivity index is 3.29. The molecule has 1 aromatic rings. The summed E-state index contributed by atoms with van der Waals surface area (Å²) in [5.74, 6) is 0. The van der Waals surface area contributed by atoms with Gasteiger partial charge in [0, 0.05) is 12.2 Å². The quantitative estimate of drug-likeness (QED) is 0.877. The lowest BCUT2D eigenvalue weighted by Crippen LogP contribution is -2.13. The summed E-state index contributed by atoms with van der Waals surface area (Å²) < 4.78 is 38.5. The molecule has 0 saturated heterocycles. The van der Waals surface area contributed by atoms with Crippen LogP contribution in [-0.2, 0) is 6.18 Å². The van der Waals surface area contributed by atoms with E-state index in [1.165, 1.54) is 19.1 Å². The minimum absolute atomic E-state index is 0.0741. The second-order valence-electron chi connectivity index (χ2n) is 3.70. The fourth-order valence-electron chi connectivity index (χ4n) is 1.62. The molecule has 0 fully saturated rings. The first kappa shape index (κ1) is 13.4. The van der Waals surface area contributed by atoms with Gasteiger partial charge in [0.2, 0.25) is 0 Å². The molecule has 5 heteroatoms. The van der Waals surface area contributed by atoms with Crippen LogP contribution in [0.25, 0.3) is 0 Å². The molecule has 1 N–H and O–H groups in total. The predicted octanol–water partition coefficient (Wildman–Crippen LogP) is 3.71. The van der Waals surface area contributed by atoms with Gasteiger partial charge in [-0.2, -0.15) is 18.4 Å². The number of hydrogen-bond acceptors (Lipinski definition) is 2. The first-order valence-electron chi connectivity index (χ1n) is 5.26. The molecule has 0 aromatic heterocycles. The molecule has 0 aliphatic carbocycles. The fourth-order valence-corrected chi connectivity index (χ4v) is 1.62. The van der Waals surface area contributed by atoms with Crippen LogP contribution in [0.5, 0.6) is 0 Å². The summed E-state index contributed by atoms with van der Waals surface area (Å²) in [6.07, 6.45) is -3.68. The second kappa shape index (κ2) is 5.09. The van der Waals surface area contributed by atoms with Gasteiger partial charge in [-0.15, -0.1) is 0 Å². The molecule has 1 aromatic carbocycles. The second-order valence-corrected chi connectivity index (χ2v) is 3.70. The van der Waals surface area contributed by atoms with Crippen molar-refractivity contribution in [2.45, 2.75) is 26.4 Å². The van der Waals surface area contributed by atoms with Crippen LogP contribution in [0.1, 0.15) is 30.0 Å². The van der Waals surface area contributed by atoms with E-state index in [1.807, 2.05) is 6.92 Å². The number of anilines is 1. The maximum Gasteiger partial charge on any atom is 0.418 e. The number of rotatable bonds is 3. The summed E-state index contributed by atoms with van der Waals surface area (Å²) in [5, 5.41) is 11.6. The first-order chi connectivity index (χ1) is 7.91. The number of alkyl halides is 3. The van der Waals surface area contributed by atoms with Crippen LogP contribution in [0.4, 0.5) is 18.9 Å². The van der Waals surface area contributed by atoms with Crippen molar-refractivity contribution in [3.05, 3.63) is 28.8 Å². The number of benzene rings is 1. The monoisotopic (exact) mass is 242 g/mol. The number of hydrogen-bond donors (Lipinski definition) is 1. The molecule has 0 unspecified atom stereocenters. The zero-order chi connectivity index (χ0) is 13.1. The standard InChI is InChI=1S/C12H13F3N2/c1-3-6-17-10-5-4-9(7-16)11(8(10)2)12(13,14)15/h4-5,17H,3,6H2,1-2H3. The van der Waals surface area contributed by atoms with Gasteiger partial charge in [-0.05, 0) is 31.0 Å². The molecule has 0 spiro atoms. The minimum Gasteiger partial charge on any atom is -0.385 e. The largest absolute Gasteiger partial charge is 0.418 e. The lowest BCUT2D eigenvalue weighted by molar-refractivity contribution is -0.138. The number of nitrogens with one attached hydrogen (secondary N) is 1. The molecule has 0 atom stereocenters. The van der Waals surface area contributed by atoms with E-state index in [1.54, 1.807) is 6.07 Å². The summed E-state index contributed by atoms with van der Waals surface area (Å²) in [7, 11) is 0. The zero-order valence-corrected chi connectivity index (χ0v) is 9.65. The van der Waals surface area contributed by atoms with Crippen molar-refractivity contribution in [2.24, 2.45) is 0 Å². The molecule has 1 rings (SSSR count). The lowest BCUT2D eigenvalue weighted by Gasteiger charge is -2.16. The molecule has 0 radical (unpaired) electrons. The zero-order valence-electron chi connectivity index (χ0n) is 9.65. The summed E-state index contributed by atoms with van der Waals surface area (Å²) in [4.78, 5) is 0. The molecule has 0 heterocycles. The van der Waals surface area contributed by atoms with E-state index in [-0.39, 0.29) is 11.1 Å². The molecular weight excluding hydrogens is 229 g/mol. The van der Waals surface area contributed by atoms with Gasteiger partial charge in [0.1, 0.15) is 0 Å². The van der Waals surface area contributed by atoms with Gasteiger partial charge >= 0.3 is 6.18 Å². The third kappa shape index (κ3) is 2.90. The molecule has 0 bridgehead atoms. The van der Waals surface area contributed by atoms with Gasteiger partial charge in [-0.3, -0.25) is 0 Å². The normalized spacial score (nSPS) is 11.1. The van der Waals surface area contributed by atoms with E-state index in [4.69, 9.17) is 5.26 Å². The third-order valence-electron chi connectivity index (χ3n) is 2.43. The topological polar surface area (TPSA) is 35.8 Å². The van der Waals surface area contributed by atoms with Gasteiger partial charge in [0.15, 0.2) is 0 Å². The highest BCUT2D eigenvalue weighted by Crippen LogP contribution is 2.37. The van der Waals surface area contributed by atoms with Crippen molar-refractivity contribution >= 4 is 5.69 Å². The van der Waals surface area contributed by atoms with Crippen LogP contribution in [0.15, 0.2) is 12.1 Å². The van der Waals surface area contributed by atoms with E-state index >= 15 is 0 Å². The molecule has 17 heavy (non-hydrogen) atoms. The van der Waals surface area contributed by atoms with Crippen LogP contribution in [0.2, 0.25) is 0 Å². The highest BCUT2D eigenvalue weighted by molar-refractivity contribution is 5.60. The smallest absolute Gasteiger partial charge is 0.385 e. The number of nitriles is 1. The Bertz CT molecular complexity index is 444. The van der Waals surface area contributed by atoms with Crippen molar-refractivity contribution in [3.8, 4) is 6.07 Å². The highest BCUT2D eigenvalue weighted by atomic mass is 19.4. The van der Waals surface area contributed by atoms with Gasteiger partial charge in [-0.1, -0.05) is 6.92 Å². The Kier molecular flexibility index (Phi) is 4.00. The molecule has 0 aliphatic rings. The average Bonchev–Trinajstić information content (AvgIpc) is 2.25. The lowest BCUT2D eigenvalue weighted by atomic mass is 10.00. The van der Waals surface area contributed by atoms with Crippen LogP contribution < -0.4 is 5.32 Å². The maximum atomic E-state index is 12.8. The van der Waals surface area contributed by atoms with E-state index in [2.05, 4.69) is 5.32 Å².